The van der Waals surface area contributed by atoms with Crippen molar-refractivity contribution in [3.05, 3.63) is 53.2 Å². The molecule has 3 aromatic heterocycles. The predicted octanol–water partition coefficient (Wildman–Crippen LogP) is 2.83. The Labute approximate surface area is 115 Å². The van der Waals surface area contributed by atoms with E-state index in [0.717, 1.165) is 24.2 Å². The van der Waals surface area contributed by atoms with E-state index in [-0.39, 0.29) is 0 Å². The Kier molecular flexibility index (Phi) is 3.29. The highest BCUT2D eigenvalue weighted by Gasteiger charge is 2.08. The van der Waals surface area contributed by atoms with Crippen LogP contribution in [-0.4, -0.2) is 14.5 Å². The lowest BCUT2D eigenvalue weighted by molar-refractivity contribution is 0.707. The maximum absolute atomic E-state index is 5.92. The van der Waals surface area contributed by atoms with Crippen LogP contribution in [0.3, 0.4) is 0 Å². The molecule has 4 nitrogen and oxygen atoms in total. The summed E-state index contributed by atoms with van der Waals surface area (Å²) < 4.78 is 2.12. The molecule has 0 fully saturated rings. The molecule has 96 valence electrons. The number of imidazole rings is 1. The molecule has 0 aliphatic rings. The summed E-state index contributed by atoms with van der Waals surface area (Å²) in [6.45, 7) is 0.893. The quantitative estimate of drug-likeness (QED) is 0.793. The number of pyridine rings is 1. The molecule has 19 heavy (non-hydrogen) atoms. The number of thiophene rings is 1. The van der Waals surface area contributed by atoms with Crippen LogP contribution in [0, 0.1) is 0 Å². The number of nitrogens with zero attached hydrogens (tertiary/aromatic N) is 3. The van der Waals surface area contributed by atoms with Gasteiger partial charge in [-0.05, 0) is 30.0 Å². The van der Waals surface area contributed by atoms with Gasteiger partial charge in [-0.25, -0.2) is 9.97 Å². The summed E-state index contributed by atoms with van der Waals surface area (Å²) in [5.74, 6) is 0.542. The molecule has 0 aliphatic heterocycles. The van der Waals surface area contributed by atoms with Crippen molar-refractivity contribution < 1.29 is 0 Å². The van der Waals surface area contributed by atoms with Gasteiger partial charge in [-0.1, -0.05) is 6.07 Å². The topological polar surface area (TPSA) is 56.7 Å². The van der Waals surface area contributed by atoms with Crippen molar-refractivity contribution in [3.63, 3.8) is 0 Å². The van der Waals surface area contributed by atoms with Crippen LogP contribution in [0.25, 0.3) is 11.3 Å². The van der Waals surface area contributed by atoms with Crippen LogP contribution in [0.4, 0.5) is 5.82 Å². The summed E-state index contributed by atoms with van der Waals surface area (Å²) in [6, 6.07) is 8.09. The summed E-state index contributed by atoms with van der Waals surface area (Å²) in [7, 11) is 0. The van der Waals surface area contributed by atoms with Crippen molar-refractivity contribution in [2.24, 2.45) is 0 Å². The molecule has 5 heteroatoms. The predicted molar refractivity (Wildman–Crippen MR) is 77.9 cm³/mol. The van der Waals surface area contributed by atoms with Crippen LogP contribution in [0.15, 0.2) is 48.4 Å². The lowest BCUT2D eigenvalue weighted by Gasteiger charge is -2.08. The van der Waals surface area contributed by atoms with Gasteiger partial charge in [0.15, 0.2) is 0 Å². The fourth-order valence-electron chi connectivity index (χ4n) is 2.04. The molecule has 0 unspecified atom stereocenters. The average Bonchev–Trinajstić information content (AvgIpc) is 3.08. The Morgan fingerprint density at radius 2 is 2.21 bits per heavy atom. The highest BCUT2D eigenvalue weighted by molar-refractivity contribution is 7.09. The van der Waals surface area contributed by atoms with Gasteiger partial charge in [-0.15, -0.1) is 11.3 Å². The third-order valence-electron chi connectivity index (χ3n) is 3.01. The number of hydrogen-bond acceptors (Lipinski definition) is 4. The van der Waals surface area contributed by atoms with Crippen LogP contribution < -0.4 is 5.73 Å². The highest BCUT2D eigenvalue weighted by atomic mass is 32.1. The van der Waals surface area contributed by atoms with Crippen LogP contribution >= 0.6 is 11.3 Å². The minimum absolute atomic E-state index is 0.542. The van der Waals surface area contributed by atoms with Crippen LogP contribution in [-0.2, 0) is 13.0 Å². The standard InChI is InChI=1S/C14H14N4S/c15-14-12(4-1-6-17-14)13-9-16-10-18(13)7-5-11-3-2-8-19-11/h1-4,6,8-10H,5,7H2,(H2,15,17). The van der Waals surface area contributed by atoms with Crippen LogP contribution in [0.1, 0.15) is 4.88 Å². The second kappa shape index (κ2) is 5.24. The third-order valence-corrected chi connectivity index (χ3v) is 3.94. The minimum Gasteiger partial charge on any atom is -0.383 e. The van der Waals surface area contributed by atoms with Crippen molar-refractivity contribution in [2.45, 2.75) is 13.0 Å². The Morgan fingerprint density at radius 1 is 1.26 bits per heavy atom. The van der Waals surface area contributed by atoms with Crippen molar-refractivity contribution in [2.75, 3.05) is 5.73 Å². The monoisotopic (exact) mass is 270 g/mol. The molecular weight excluding hydrogens is 256 g/mol. The molecule has 0 amide bonds. The zero-order valence-corrected chi connectivity index (χ0v) is 11.2. The van der Waals surface area contributed by atoms with Crippen LogP contribution in [0.2, 0.25) is 0 Å². The molecule has 0 radical (unpaired) electrons. The molecule has 3 heterocycles. The Balaban J connectivity index is 1.84. The Hall–Kier alpha value is -2.14. The van der Waals surface area contributed by atoms with Crippen molar-refractivity contribution in [1.82, 2.24) is 14.5 Å². The van der Waals surface area contributed by atoms with Gasteiger partial charge in [0.05, 0.1) is 18.2 Å². The molecule has 2 N–H and O–H groups in total. The van der Waals surface area contributed by atoms with Gasteiger partial charge in [0.2, 0.25) is 0 Å². The zero-order chi connectivity index (χ0) is 13.1. The second-order valence-electron chi connectivity index (χ2n) is 4.24. The largest absolute Gasteiger partial charge is 0.383 e. The van der Waals surface area contributed by atoms with Crippen molar-refractivity contribution >= 4 is 17.2 Å². The van der Waals surface area contributed by atoms with E-state index in [4.69, 9.17) is 5.73 Å². The molecule has 3 aromatic rings. The number of rotatable bonds is 4. The molecule has 0 saturated heterocycles. The number of nitrogens with two attached hydrogens (primary N) is 1. The highest BCUT2D eigenvalue weighted by Crippen LogP contribution is 2.23. The minimum atomic E-state index is 0.542. The first kappa shape index (κ1) is 11.9. The normalized spacial score (nSPS) is 10.7. The number of nitrogen functional groups attached to an aromatic ring is 1. The summed E-state index contributed by atoms with van der Waals surface area (Å²) in [5.41, 5.74) is 7.87. The van der Waals surface area contributed by atoms with Crippen molar-refractivity contribution in [1.29, 1.82) is 0 Å². The van der Waals surface area contributed by atoms with Gasteiger partial charge >= 0.3 is 0 Å². The van der Waals surface area contributed by atoms with Crippen LogP contribution in [0.5, 0.6) is 0 Å². The van der Waals surface area contributed by atoms with Gasteiger partial charge in [0.1, 0.15) is 5.82 Å². The smallest absolute Gasteiger partial charge is 0.132 e. The number of hydrogen-bond donors (Lipinski definition) is 1. The summed E-state index contributed by atoms with van der Waals surface area (Å²) in [4.78, 5) is 9.72. The molecule has 0 spiro atoms. The van der Waals surface area contributed by atoms with Gasteiger partial charge < -0.3 is 10.3 Å². The van der Waals surface area contributed by atoms with E-state index in [1.165, 1.54) is 4.88 Å². The molecule has 0 saturated carbocycles. The lowest BCUT2D eigenvalue weighted by atomic mass is 10.2. The fraction of sp³-hybridized carbons (Fsp3) is 0.143. The molecule has 0 atom stereocenters. The first-order chi connectivity index (χ1) is 9.34. The van der Waals surface area contributed by atoms with E-state index in [2.05, 4.69) is 32.0 Å². The van der Waals surface area contributed by atoms with Crippen molar-refractivity contribution in [3.8, 4) is 11.3 Å². The third kappa shape index (κ3) is 2.51. The van der Waals surface area contributed by atoms with E-state index in [9.17, 15) is 0 Å². The Bertz CT molecular complexity index is 658. The summed E-state index contributed by atoms with van der Waals surface area (Å²) in [6.07, 6.45) is 6.38. The van der Waals surface area contributed by atoms with E-state index in [1.807, 2.05) is 24.7 Å². The average molecular weight is 270 g/mol. The summed E-state index contributed by atoms with van der Waals surface area (Å²) >= 11 is 1.78. The second-order valence-corrected chi connectivity index (χ2v) is 5.27. The van der Waals surface area contributed by atoms with E-state index < -0.39 is 0 Å². The molecule has 0 aromatic carbocycles. The van der Waals surface area contributed by atoms with Gasteiger partial charge in [-0.2, -0.15) is 0 Å². The summed E-state index contributed by atoms with van der Waals surface area (Å²) in [5, 5.41) is 2.10. The van der Waals surface area contributed by atoms with E-state index in [1.54, 1.807) is 17.5 Å². The zero-order valence-electron chi connectivity index (χ0n) is 10.4. The van der Waals surface area contributed by atoms with E-state index >= 15 is 0 Å². The molecule has 0 aliphatic carbocycles. The maximum atomic E-state index is 5.92. The molecular formula is C14H14N4S. The number of aryl methyl sites for hydroxylation is 2. The first-order valence-electron chi connectivity index (χ1n) is 6.08. The Morgan fingerprint density at radius 3 is 3.00 bits per heavy atom. The number of aromatic nitrogens is 3. The molecule has 3 rings (SSSR count). The SMILES string of the molecule is Nc1ncccc1-c1cncn1CCc1cccs1. The molecule has 0 bridgehead atoms. The van der Waals surface area contributed by atoms with Gasteiger partial charge in [0.25, 0.3) is 0 Å². The first-order valence-corrected chi connectivity index (χ1v) is 6.96. The fourth-order valence-corrected chi connectivity index (χ4v) is 2.74. The maximum Gasteiger partial charge on any atom is 0.132 e. The van der Waals surface area contributed by atoms with E-state index in [0.29, 0.717) is 5.82 Å². The number of anilines is 1. The lowest BCUT2D eigenvalue weighted by Crippen LogP contribution is -2.03. The van der Waals surface area contributed by atoms with Gasteiger partial charge in [0, 0.05) is 23.2 Å². The van der Waals surface area contributed by atoms with Gasteiger partial charge in [-0.3, -0.25) is 0 Å².